The summed E-state index contributed by atoms with van der Waals surface area (Å²) < 4.78 is 11.7. The molecule has 0 atom stereocenters. The van der Waals surface area contributed by atoms with E-state index in [1.807, 2.05) is 31.2 Å². The van der Waals surface area contributed by atoms with Gasteiger partial charge in [0, 0.05) is 12.1 Å². The smallest absolute Gasteiger partial charge is 0.360 e. The van der Waals surface area contributed by atoms with Crippen molar-refractivity contribution in [2.75, 3.05) is 20.3 Å². The Labute approximate surface area is 155 Å². The highest BCUT2D eigenvalue weighted by Gasteiger charge is 2.21. The van der Waals surface area contributed by atoms with Gasteiger partial charge in [-0.25, -0.2) is 9.31 Å². The summed E-state index contributed by atoms with van der Waals surface area (Å²) >= 11 is 5.99. The van der Waals surface area contributed by atoms with Gasteiger partial charge in [0.05, 0.1) is 23.6 Å². The molecular formula is C18H19ClN4O3. The molecule has 7 nitrogen and oxygen atoms in total. The van der Waals surface area contributed by atoms with E-state index in [0.717, 1.165) is 16.8 Å². The predicted molar refractivity (Wildman–Crippen MR) is 97.5 cm³/mol. The number of benzene rings is 1. The average molecular weight is 375 g/mol. The molecule has 2 aromatic heterocycles. The summed E-state index contributed by atoms with van der Waals surface area (Å²) in [5.74, 6) is -0.546. The van der Waals surface area contributed by atoms with Gasteiger partial charge in [-0.15, -0.1) is 10.2 Å². The first kappa shape index (κ1) is 18.3. The zero-order chi connectivity index (χ0) is 18.7. The second kappa shape index (κ2) is 7.80. The number of carbonyl (C=O) groups is 1. The fourth-order valence-electron chi connectivity index (χ4n) is 2.68. The maximum absolute atomic E-state index is 12.2. The van der Waals surface area contributed by atoms with E-state index < -0.39 is 5.97 Å². The van der Waals surface area contributed by atoms with Gasteiger partial charge in [-0.1, -0.05) is 30.7 Å². The summed E-state index contributed by atoms with van der Waals surface area (Å²) in [4.78, 5) is 12.2. The molecule has 2 heterocycles. The molecule has 136 valence electrons. The van der Waals surface area contributed by atoms with Crippen LogP contribution in [0.15, 0.2) is 24.3 Å². The van der Waals surface area contributed by atoms with Gasteiger partial charge in [0.15, 0.2) is 11.3 Å². The molecule has 8 heteroatoms. The monoisotopic (exact) mass is 374 g/mol. The van der Waals surface area contributed by atoms with E-state index in [-0.39, 0.29) is 12.3 Å². The third-order valence-corrected chi connectivity index (χ3v) is 4.27. The summed E-state index contributed by atoms with van der Waals surface area (Å²) in [6, 6.07) is 7.48. The summed E-state index contributed by atoms with van der Waals surface area (Å²) in [6.45, 7) is 4.27. The maximum atomic E-state index is 12.2. The zero-order valence-corrected chi connectivity index (χ0v) is 15.6. The SMILES string of the molecule is CCc1nn2c(C)c(C(=O)OCCOC)nnc2c1-c1ccc(Cl)cc1. The Hall–Kier alpha value is -2.51. The highest BCUT2D eigenvalue weighted by atomic mass is 35.5. The lowest BCUT2D eigenvalue weighted by Crippen LogP contribution is -2.16. The molecule has 1 aromatic carbocycles. The van der Waals surface area contributed by atoms with Crippen LogP contribution in [-0.2, 0) is 15.9 Å². The number of aromatic nitrogens is 4. The second-order valence-corrected chi connectivity index (χ2v) is 6.12. The second-order valence-electron chi connectivity index (χ2n) is 5.68. The van der Waals surface area contributed by atoms with Crippen molar-refractivity contribution in [2.24, 2.45) is 0 Å². The number of aryl methyl sites for hydroxylation is 2. The lowest BCUT2D eigenvalue weighted by molar-refractivity contribution is 0.0378. The quantitative estimate of drug-likeness (QED) is 0.487. The number of esters is 1. The maximum Gasteiger partial charge on any atom is 0.360 e. The molecule has 0 saturated carbocycles. The Morgan fingerprint density at radius 1 is 1.19 bits per heavy atom. The Balaban J connectivity index is 2.07. The molecule has 3 rings (SSSR count). The van der Waals surface area contributed by atoms with Gasteiger partial charge in [-0.05, 0) is 31.0 Å². The molecule has 26 heavy (non-hydrogen) atoms. The first-order valence-electron chi connectivity index (χ1n) is 8.23. The Kier molecular flexibility index (Phi) is 5.49. The molecule has 0 aliphatic rings. The lowest BCUT2D eigenvalue weighted by Gasteiger charge is -2.07. The van der Waals surface area contributed by atoms with E-state index >= 15 is 0 Å². The van der Waals surface area contributed by atoms with Crippen LogP contribution < -0.4 is 0 Å². The van der Waals surface area contributed by atoms with Gasteiger partial charge >= 0.3 is 5.97 Å². The number of nitrogens with zero attached hydrogens (tertiary/aromatic N) is 4. The Morgan fingerprint density at radius 3 is 2.58 bits per heavy atom. The van der Waals surface area contributed by atoms with Crippen molar-refractivity contribution in [2.45, 2.75) is 20.3 Å². The molecule has 0 aliphatic carbocycles. The third-order valence-electron chi connectivity index (χ3n) is 4.02. The molecule has 0 amide bonds. The zero-order valence-electron chi connectivity index (χ0n) is 14.8. The number of carbonyl (C=O) groups excluding carboxylic acids is 1. The minimum atomic E-state index is -0.546. The molecule has 0 aliphatic heterocycles. The number of rotatable bonds is 6. The molecule has 0 unspecified atom stereocenters. The number of fused-ring (bicyclic) bond motifs is 1. The van der Waals surface area contributed by atoms with Crippen LogP contribution in [0, 0.1) is 6.92 Å². The van der Waals surface area contributed by atoms with E-state index in [2.05, 4.69) is 15.3 Å². The van der Waals surface area contributed by atoms with Crippen molar-refractivity contribution in [3.05, 3.63) is 46.4 Å². The van der Waals surface area contributed by atoms with Crippen molar-refractivity contribution in [1.29, 1.82) is 0 Å². The van der Waals surface area contributed by atoms with Crippen LogP contribution in [0.2, 0.25) is 5.02 Å². The Morgan fingerprint density at radius 2 is 1.92 bits per heavy atom. The molecular weight excluding hydrogens is 356 g/mol. The third kappa shape index (κ3) is 3.40. The van der Waals surface area contributed by atoms with Crippen LogP contribution in [-0.4, -0.2) is 46.1 Å². The van der Waals surface area contributed by atoms with Crippen LogP contribution in [0.4, 0.5) is 0 Å². The average Bonchev–Trinajstić information content (AvgIpc) is 3.02. The van der Waals surface area contributed by atoms with Crippen LogP contribution in [0.25, 0.3) is 16.8 Å². The molecule has 0 radical (unpaired) electrons. The van der Waals surface area contributed by atoms with E-state index in [1.54, 1.807) is 18.5 Å². The van der Waals surface area contributed by atoms with Gasteiger partial charge < -0.3 is 9.47 Å². The summed E-state index contributed by atoms with van der Waals surface area (Å²) in [5, 5.41) is 13.6. The fraction of sp³-hybridized carbons (Fsp3) is 0.333. The minimum Gasteiger partial charge on any atom is -0.458 e. The number of hydrogen-bond acceptors (Lipinski definition) is 6. The van der Waals surface area contributed by atoms with Crippen molar-refractivity contribution in [1.82, 2.24) is 19.8 Å². The van der Waals surface area contributed by atoms with Crippen LogP contribution in [0.5, 0.6) is 0 Å². The van der Waals surface area contributed by atoms with Crippen LogP contribution in [0.3, 0.4) is 0 Å². The largest absolute Gasteiger partial charge is 0.458 e. The molecule has 0 spiro atoms. The first-order valence-corrected chi connectivity index (χ1v) is 8.61. The number of methoxy groups -OCH3 is 1. The topological polar surface area (TPSA) is 78.6 Å². The summed E-state index contributed by atoms with van der Waals surface area (Å²) in [6.07, 6.45) is 0.717. The summed E-state index contributed by atoms with van der Waals surface area (Å²) in [5.41, 5.74) is 4.02. The predicted octanol–water partition coefficient (Wildman–Crippen LogP) is 3.12. The highest BCUT2D eigenvalue weighted by molar-refractivity contribution is 6.30. The number of ether oxygens (including phenoxy) is 2. The van der Waals surface area contributed by atoms with Crippen LogP contribution >= 0.6 is 11.6 Å². The molecule has 0 bridgehead atoms. The van der Waals surface area contributed by atoms with Gasteiger partial charge in [-0.2, -0.15) is 5.10 Å². The van der Waals surface area contributed by atoms with Gasteiger partial charge in [0.25, 0.3) is 0 Å². The highest BCUT2D eigenvalue weighted by Crippen LogP contribution is 2.29. The first-order chi connectivity index (χ1) is 12.6. The van der Waals surface area contributed by atoms with Crippen molar-refractivity contribution >= 4 is 23.2 Å². The lowest BCUT2D eigenvalue weighted by atomic mass is 10.0. The molecule has 0 fully saturated rings. The molecule has 0 N–H and O–H groups in total. The van der Waals surface area contributed by atoms with E-state index in [4.69, 9.17) is 21.1 Å². The van der Waals surface area contributed by atoms with Crippen LogP contribution in [0.1, 0.15) is 28.8 Å². The Bertz CT molecular complexity index is 938. The minimum absolute atomic E-state index is 0.140. The summed E-state index contributed by atoms with van der Waals surface area (Å²) in [7, 11) is 1.54. The van der Waals surface area contributed by atoms with Crippen molar-refractivity contribution < 1.29 is 14.3 Å². The number of hydrogen-bond donors (Lipinski definition) is 0. The van der Waals surface area contributed by atoms with Crippen molar-refractivity contribution in [3.8, 4) is 11.1 Å². The van der Waals surface area contributed by atoms with Gasteiger partial charge in [0.2, 0.25) is 0 Å². The normalized spacial score (nSPS) is 11.1. The fourth-order valence-corrected chi connectivity index (χ4v) is 2.81. The molecule has 3 aromatic rings. The standard InChI is InChI=1S/C18H19ClN4O3/c1-4-14-15(12-5-7-13(19)8-6-12)17-21-20-16(11(2)23(17)22-14)18(24)26-10-9-25-3/h5-8H,4,9-10H2,1-3H3. The van der Waals surface area contributed by atoms with E-state index in [9.17, 15) is 4.79 Å². The van der Waals surface area contributed by atoms with Gasteiger partial charge in [-0.3, -0.25) is 0 Å². The molecule has 0 saturated heterocycles. The number of halogens is 1. The van der Waals surface area contributed by atoms with E-state index in [0.29, 0.717) is 29.4 Å². The van der Waals surface area contributed by atoms with Gasteiger partial charge in [0.1, 0.15) is 6.61 Å². The van der Waals surface area contributed by atoms with E-state index in [1.165, 1.54) is 0 Å². The van der Waals surface area contributed by atoms with Crippen molar-refractivity contribution in [3.63, 3.8) is 0 Å².